The van der Waals surface area contributed by atoms with Crippen LogP contribution in [0.4, 0.5) is 30.7 Å². The Bertz CT molecular complexity index is 1020. The molecule has 3 atom stereocenters. The fraction of sp³-hybridized carbons (Fsp3) is 0.538. The van der Waals surface area contributed by atoms with Gasteiger partial charge in [-0.05, 0) is 48.4 Å². The Morgan fingerprint density at radius 1 is 0.868 bits per heavy atom. The van der Waals surface area contributed by atoms with Crippen LogP contribution in [0.2, 0.25) is 0 Å². The van der Waals surface area contributed by atoms with Gasteiger partial charge in [0.25, 0.3) is 0 Å². The zero-order valence-electron chi connectivity index (χ0n) is 20.7. The molecule has 38 heavy (non-hydrogen) atoms. The van der Waals surface area contributed by atoms with Crippen LogP contribution in [-0.2, 0) is 26.6 Å². The monoisotopic (exact) mass is 550 g/mol. The quantitative estimate of drug-likeness (QED) is 0.415. The second-order valence-electron chi connectivity index (χ2n) is 9.34. The van der Waals surface area contributed by atoms with Gasteiger partial charge < -0.3 is 14.2 Å². The molecule has 2 heterocycles. The lowest BCUT2D eigenvalue weighted by Gasteiger charge is -2.43. The molecule has 2 aliphatic heterocycles. The molecule has 2 aliphatic rings. The largest absolute Gasteiger partial charge is 0.416 e. The molecule has 5 nitrogen and oxygen atoms in total. The van der Waals surface area contributed by atoms with Crippen LogP contribution in [0.1, 0.15) is 41.3 Å². The Hall–Kier alpha value is -2.25. The maximum Gasteiger partial charge on any atom is 0.416 e. The van der Waals surface area contributed by atoms with Crippen molar-refractivity contribution in [2.75, 3.05) is 52.5 Å². The minimum absolute atomic E-state index is 0.0853. The Kier molecular flexibility index (Phi) is 8.98. The first-order valence-electron chi connectivity index (χ1n) is 12.3. The van der Waals surface area contributed by atoms with Crippen LogP contribution in [0, 0.1) is 5.82 Å². The van der Waals surface area contributed by atoms with Gasteiger partial charge in [0, 0.05) is 32.7 Å². The molecule has 12 heteroatoms. The molecule has 210 valence electrons. The molecule has 2 saturated heterocycles. The number of ether oxygens (including phenoxy) is 3. The summed E-state index contributed by atoms with van der Waals surface area (Å²) in [5.74, 6) is -0.445. The van der Waals surface area contributed by atoms with Crippen molar-refractivity contribution in [1.29, 1.82) is 0 Å². The normalized spacial score (nSPS) is 22.9. The average Bonchev–Trinajstić information content (AvgIpc) is 2.87. The third kappa shape index (κ3) is 7.23. The first-order valence-corrected chi connectivity index (χ1v) is 12.3. The average molecular weight is 551 g/mol. The molecule has 0 aromatic heterocycles. The van der Waals surface area contributed by atoms with E-state index in [9.17, 15) is 30.7 Å². The Morgan fingerprint density at radius 2 is 1.47 bits per heavy atom. The highest BCUT2D eigenvalue weighted by Crippen LogP contribution is 2.39. The SMILES string of the molecule is CC(OC1OCCN(CCN2CCOCC2)C1c1ccc(F)cc1)c1cc(C(F)(F)F)cc(C(F)(F)F)c1. The summed E-state index contributed by atoms with van der Waals surface area (Å²) >= 11 is 0. The fourth-order valence-corrected chi connectivity index (χ4v) is 4.67. The van der Waals surface area contributed by atoms with E-state index in [-0.39, 0.29) is 18.2 Å². The number of alkyl halides is 6. The van der Waals surface area contributed by atoms with Crippen molar-refractivity contribution in [3.8, 4) is 0 Å². The van der Waals surface area contributed by atoms with E-state index in [4.69, 9.17) is 14.2 Å². The van der Waals surface area contributed by atoms with Crippen molar-refractivity contribution in [3.63, 3.8) is 0 Å². The van der Waals surface area contributed by atoms with Gasteiger partial charge in [-0.25, -0.2) is 4.39 Å². The van der Waals surface area contributed by atoms with Gasteiger partial charge >= 0.3 is 12.4 Å². The molecular formula is C26H29F7N2O3. The van der Waals surface area contributed by atoms with E-state index in [0.717, 1.165) is 13.1 Å². The van der Waals surface area contributed by atoms with Crippen molar-refractivity contribution < 1.29 is 44.9 Å². The molecule has 2 fully saturated rings. The highest BCUT2D eigenvalue weighted by molar-refractivity contribution is 5.34. The molecule has 0 bridgehead atoms. The third-order valence-electron chi connectivity index (χ3n) is 6.75. The van der Waals surface area contributed by atoms with Gasteiger partial charge in [0.15, 0.2) is 6.29 Å². The first-order chi connectivity index (χ1) is 17.9. The lowest BCUT2D eigenvalue weighted by Crippen LogP contribution is -2.50. The summed E-state index contributed by atoms with van der Waals surface area (Å²) in [4.78, 5) is 4.32. The summed E-state index contributed by atoms with van der Waals surface area (Å²) < 4.78 is 111. The van der Waals surface area contributed by atoms with E-state index in [0.29, 0.717) is 50.5 Å². The summed E-state index contributed by atoms with van der Waals surface area (Å²) in [7, 11) is 0. The van der Waals surface area contributed by atoms with Crippen molar-refractivity contribution >= 4 is 0 Å². The van der Waals surface area contributed by atoms with E-state index >= 15 is 0 Å². The van der Waals surface area contributed by atoms with Gasteiger partial charge in [0.2, 0.25) is 0 Å². The van der Waals surface area contributed by atoms with Gasteiger partial charge in [-0.3, -0.25) is 9.80 Å². The minimum Gasteiger partial charge on any atom is -0.379 e. The van der Waals surface area contributed by atoms with Gasteiger partial charge in [-0.1, -0.05) is 12.1 Å². The lowest BCUT2D eigenvalue weighted by molar-refractivity contribution is -0.230. The zero-order chi connectivity index (χ0) is 27.5. The number of rotatable bonds is 7. The summed E-state index contributed by atoms with van der Waals surface area (Å²) in [6.07, 6.45) is -12.1. The number of morpholine rings is 2. The topological polar surface area (TPSA) is 34.2 Å². The fourth-order valence-electron chi connectivity index (χ4n) is 4.67. The van der Waals surface area contributed by atoms with Gasteiger partial charge in [0.1, 0.15) is 5.82 Å². The molecule has 0 spiro atoms. The summed E-state index contributed by atoms with van der Waals surface area (Å²) in [5.41, 5.74) is -2.45. The molecule has 2 aromatic rings. The molecule has 3 unspecified atom stereocenters. The highest BCUT2D eigenvalue weighted by Gasteiger charge is 2.39. The molecule has 0 saturated carbocycles. The van der Waals surface area contributed by atoms with E-state index in [1.54, 1.807) is 12.1 Å². The van der Waals surface area contributed by atoms with Gasteiger partial charge in [0.05, 0.1) is 43.1 Å². The maximum atomic E-state index is 13.7. The minimum atomic E-state index is -4.97. The summed E-state index contributed by atoms with van der Waals surface area (Å²) in [6.45, 7) is 6.27. The van der Waals surface area contributed by atoms with E-state index < -0.39 is 47.7 Å². The van der Waals surface area contributed by atoms with Crippen molar-refractivity contribution in [2.45, 2.75) is 37.7 Å². The molecule has 0 N–H and O–H groups in total. The third-order valence-corrected chi connectivity index (χ3v) is 6.75. The second-order valence-corrected chi connectivity index (χ2v) is 9.34. The van der Waals surface area contributed by atoms with E-state index in [1.807, 2.05) is 0 Å². The van der Waals surface area contributed by atoms with Gasteiger partial charge in [-0.15, -0.1) is 0 Å². The van der Waals surface area contributed by atoms with Crippen LogP contribution in [0.25, 0.3) is 0 Å². The molecular weight excluding hydrogens is 521 g/mol. The molecule has 0 radical (unpaired) electrons. The van der Waals surface area contributed by atoms with Crippen LogP contribution < -0.4 is 0 Å². The second kappa shape index (κ2) is 11.9. The Balaban J connectivity index is 1.59. The highest BCUT2D eigenvalue weighted by atomic mass is 19.4. The number of halogens is 7. The smallest absolute Gasteiger partial charge is 0.379 e. The van der Waals surface area contributed by atoms with Crippen LogP contribution in [0.15, 0.2) is 42.5 Å². The zero-order valence-corrected chi connectivity index (χ0v) is 20.7. The van der Waals surface area contributed by atoms with E-state index in [2.05, 4.69) is 9.80 Å². The molecule has 2 aromatic carbocycles. The van der Waals surface area contributed by atoms with Crippen LogP contribution in [0.5, 0.6) is 0 Å². The summed E-state index contributed by atoms with van der Waals surface area (Å²) in [6, 6.07) is 6.56. The molecule has 0 amide bonds. The lowest BCUT2D eigenvalue weighted by atomic mass is 10.0. The number of hydrogen-bond donors (Lipinski definition) is 0. The van der Waals surface area contributed by atoms with Crippen molar-refractivity contribution in [1.82, 2.24) is 9.80 Å². The van der Waals surface area contributed by atoms with Gasteiger partial charge in [-0.2, -0.15) is 26.3 Å². The van der Waals surface area contributed by atoms with Crippen molar-refractivity contribution in [2.24, 2.45) is 0 Å². The van der Waals surface area contributed by atoms with Crippen molar-refractivity contribution in [3.05, 3.63) is 70.5 Å². The molecule has 0 aliphatic carbocycles. The Morgan fingerprint density at radius 3 is 2.05 bits per heavy atom. The predicted octanol–water partition coefficient (Wildman–Crippen LogP) is 5.67. The van der Waals surface area contributed by atoms with E-state index in [1.165, 1.54) is 19.1 Å². The standard InChI is InChI=1S/C26H29F7N2O3/c1-17(19-14-20(25(28,29)30)16-21(15-19)26(31,32)33)38-24-23(18-2-4-22(27)5-3-18)35(10-13-37-24)7-6-34-8-11-36-12-9-34/h2-5,14-17,23-24H,6-13H2,1H3. The number of benzene rings is 2. The van der Waals surface area contributed by atoms with Crippen LogP contribution in [0.3, 0.4) is 0 Å². The predicted molar refractivity (Wildman–Crippen MR) is 124 cm³/mol. The Labute approximate surface area is 216 Å². The maximum absolute atomic E-state index is 13.7. The summed E-state index contributed by atoms with van der Waals surface area (Å²) in [5, 5.41) is 0. The van der Waals surface area contributed by atoms with Crippen LogP contribution >= 0.6 is 0 Å². The number of nitrogens with zero attached hydrogens (tertiary/aromatic N) is 2. The first kappa shape index (κ1) is 28.8. The van der Waals surface area contributed by atoms with Crippen LogP contribution in [-0.4, -0.2) is 68.6 Å². The molecule has 4 rings (SSSR count). The number of hydrogen-bond acceptors (Lipinski definition) is 5.